The Morgan fingerprint density at radius 3 is 2.04 bits per heavy atom. The molecule has 0 saturated heterocycles. The molecule has 122 valence electrons. The van der Waals surface area contributed by atoms with Crippen molar-refractivity contribution in [3.63, 3.8) is 0 Å². The number of carbonyl (C=O) groups is 1. The largest absolute Gasteiger partial charge is 0.508 e. The third-order valence-electron chi connectivity index (χ3n) is 4.40. The van der Waals surface area contributed by atoms with Gasteiger partial charge in [0.05, 0.1) is 5.41 Å². The van der Waals surface area contributed by atoms with Gasteiger partial charge in [-0.1, -0.05) is 49.2 Å². The Hall–Kier alpha value is -2.00. The first kappa shape index (κ1) is 17.4. The molecule has 2 aromatic carbocycles. The van der Waals surface area contributed by atoms with Gasteiger partial charge in [-0.3, -0.25) is 4.79 Å². The van der Waals surface area contributed by atoms with E-state index in [1.807, 2.05) is 50.2 Å². The summed E-state index contributed by atoms with van der Waals surface area (Å²) in [5, 5.41) is 10.2. The third-order valence-corrected chi connectivity index (χ3v) is 4.65. The Labute approximate surface area is 142 Å². The summed E-state index contributed by atoms with van der Waals surface area (Å²) in [6, 6.07) is 14.4. The van der Waals surface area contributed by atoms with Gasteiger partial charge in [-0.15, -0.1) is 0 Å². The molecule has 0 aliphatic heterocycles. The zero-order valence-corrected chi connectivity index (χ0v) is 14.2. The van der Waals surface area contributed by atoms with Crippen LogP contribution in [0.3, 0.4) is 0 Å². The highest BCUT2D eigenvalue weighted by atomic mass is 35.5. The van der Waals surface area contributed by atoms with Crippen LogP contribution in [-0.4, -0.2) is 11.0 Å². The molecule has 0 heterocycles. The highest BCUT2D eigenvalue weighted by Crippen LogP contribution is 2.44. The molecule has 2 aromatic rings. The molecule has 2 unspecified atom stereocenters. The van der Waals surface area contributed by atoms with Crippen molar-refractivity contribution in [3.8, 4) is 5.75 Å². The van der Waals surface area contributed by atoms with Gasteiger partial charge in [-0.05, 0) is 48.7 Å². The molecule has 0 aromatic heterocycles. The van der Waals surface area contributed by atoms with Gasteiger partial charge in [-0.25, -0.2) is 0 Å². The fourth-order valence-corrected chi connectivity index (χ4v) is 3.31. The third kappa shape index (κ3) is 3.67. The van der Waals surface area contributed by atoms with E-state index in [0.717, 1.165) is 17.5 Å². The molecule has 0 aliphatic carbocycles. The van der Waals surface area contributed by atoms with Gasteiger partial charge < -0.3 is 10.8 Å². The van der Waals surface area contributed by atoms with Crippen LogP contribution in [0.4, 0.5) is 0 Å². The lowest BCUT2D eigenvalue weighted by atomic mass is 9.67. The molecule has 4 heteroatoms. The van der Waals surface area contributed by atoms with Gasteiger partial charge in [0.1, 0.15) is 5.75 Å². The number of primary amides is 1. The predicted octanol–water partition coefficient (Wildman–Crippen LogP) is 4.47. The quantitative estimate of drug-likeness (QED) is 0.820. The molecule has 0 radical (unpaired) electrons. The summed E-state index contributed by atoms with van der Waals surface area (Å²) in [5.41, 5.74) is 6.98. The van der Waals surface area contributed by atoms with Crippen molar-refractivity contribution in [2.75, 3.05) is 0 Å². The lowest BCUT2D eigenvalue weighted by Crippen LogP contribution is -2.40. The summed E-state index contributed by atoms with van der Waals surface area (Å²) in [5.74, 6) is -0.329. The highest BCUT2D eigenvalue weighted by Gasteiger charge is 2.40. The van der Waals surface area contributed by atoms with E-state index in [4.69, 9.17) is 17.3 Å². The minimum Gasteiger partial charge on any atom is -0.508 e. The minimum absolute atomic E-state index is 0.194. The Morgan fingerprint density at radius 1 is 1.13 bits per heavy atom. The Bertz CT molecular complexity index is 621. The molecule has 2 rings (SSSR count). The van der Waals surface area contributed by atoms with Crippen molar-refractivity contribution in [3.05, 3.63) is 64.7 Å². The molecule has 0 spiro atoms. The van der Waals surface area contributed by atoms with Gasteiger partial charge in [-0.2, -0.15) is 0 Å². The van der Waals surface area contributed by atoms with Crippen LogP contribution in [0, 0.1) is 5.41 Å². The topological polar surface area (TPSA) is 63.3 Å². The number of rotatable bonds is 6. The maximum absolute atomic E-state index is 12.3. The molecular formula is C19H22ClNO2. The zero-order chi connectivity index (χ0) is 17.0. The van der Waals surface area contributed by atoms with Crippen LogP contribution >= 0.6 is 11.6 Å². The van der Waals surface area contributed by atoms with Crippen LogP contribution in [0.25, 0.3) is 0 Å². The molecule has 0 saturated carbocycles. The van der Waals surface area contributed by atoms with Gasteiger partial charge in [0.2, 0.25) is 5.91 Å². The van der Waals surface area contributed by atoms with E-state index in [2.05, 4.69) is 0 Å². The molecular weight excluding hydrogens is 310 g/mol. The van der Waals surface area contributed by atoms with E-state index in [1.165, 1.54) is 0 Å². The van der Waals surface area contributed by atoms with Crippen LogP contribution in [-0.2, 0) is 4.79 Å². The number of carbonyl (C=O) groups excluding carboxylic acids is 1. The van der Waals surface area contributed by atoms with Gasteiger partial charge in [0, 0.05) is 10.9 Å². The van der Waals surface area contributed by atoms with Crippen molar-refractivity contribution in [1.82, 2.24) is 0 Å². The summed E-state index contributed by atoms with van der Waals surface area (Å²) in [6.07, 6.45) is 1.53. The number of halogens is 1. The zero-order valence-electron chi connectivity index (χ0n) is 13.4. The van der Waals surface area contributed by atoms with E-state index >= 15 is 0 Å². The van der Waals surface area contributed by atoms with Crippen LogP contribution in [0.5, 0.6) is 5.75 Å². The summed E-state index contributed by atoms with van der Waals surface area (Å²) >= 11 is 6.00. The highest BCUT2D eigenvalue weighted by molar-refractivity contribution is 6.30. The fourth-order valence-electron chi connectivity index (χ4n) is 3.18. The molecule has 1 amide bonds. The monoisotopic (exact) mass is 331 g/mol. The summed E-state index contributed by atoms with van der Waals surface area (Å²) in [7, 11) is 0. The van der Waals surface area contributed by atoms with E-state index < -0.39 is 5.41 Å². The Balaban J connectivity index is 2.60. The summed E-state index contributed by atoms with van der Waals surface area (Å²) in [4.78, 5) is 12.3. The molecule has 0 bridgehead atoms. The van der Waals surface area contributed by atoms with Crippen molar-refractivity contribution in [2.45, 2.75) is 32.6 Å². The molecule has 3 nitrogen and oxygen atoms in total. The van der Waals surface area contributed by atoms with Crippen molar-refractivity contribution in [1.29, 1.82) is 0 Å². The molecule has 0 fully saturated rings. The maximum Gasteiger partial charge on any atom is 0.224 e. The summed E-state index contributed by atoms with van der Waals surface area (Å²) < 4.78 is 0. The number of benzene rings is 2. The van der Waals surface area contributed by atoms with Gasteiger partial charge >= 0.3 is 0 Å². The fraction of sp³-hybridized carbons (Fsp3) is 0.316. The van der Waals surface area contributed by atoms with Crippen LogP contribution in [0.15, 0.2) is 48.5 Å². The molecule has 2 atom stereocenters. The number of hydrogen-bond donors (Lipinski definition) is 2. The lowest BCUT2D eigenvalue weighted by molar-refractivity contribution is -0.128. The normalized spacial score (nSPS) is 14.9. The summed E-state index contributed by atoms with van der Waals surface area (Å²) in [6.45, 7) is 3.95. The minimum atomic E-state index is -0.723. The second-order valence-electron chi connectivity index (χ2n) is 6.11. The average Bonchev–Trinajstić information content (AvgIpc) is 2.51. The number of phenolic OH excluding ortho intramolecular Hbond substituents is 1. The van der Waals surface area contributed by atoms with Crippen molar-refractivity contribution in [2.24, 2.45) is 11.1 Å². The van der Waals surface area contributed by atoms with Crippen LogP contribution in [0.1, 0.15) is 43.7 Å². The second-order valence-corrected chi connectivity index (χ2v) is 6.54. The average molecular weight is 332 g/mol. The maximum atomic E-state index is 12.3. The van der Waals surface area contributed by atoms with E-state index in [-0.39, 0.29) is 17.6 Å². The number of hydrogen-bond acceptors (Lipinski definition) is 2. The Kier molecular flexibility index (Phi) is 5.32. The standard InChI is InChI=1S/C19H22ClNO2/c1-3-12-19(2,18(21)23)17(13-4-8-15(20)9-5-13)14-6-10-16(22)11-7-14/h4-11,17,22H,3,12H2,1-2H3,(H2,21,23). The first-order valence-corrected chi connectivity index (χ1v) is 8.10. The molecule has 3 N–H and O–H groups in total. The first-order chi connectivity index (χ1) is 10.9. The van der Waals surface area contributed by atoms with Crippen LogP contribution < -0.4 is 5.73 Å². The van der Waals surface area contributed by atoms with Crippen LogP contribution in [0.2, 0.25) is 5.02 Å². The number of phenols is 1. The number of nitrogens with two attached hydrogens (primary N) is 1. The smallest absolute Gasteiger partial charge is 0.224 e. The number of aromatic hydroxyl groups is 1. The van der Waals surface area contributed by atoms with Gasteiger partial charge in [0.25, 0.3) is 0 Å². The van der Waals surface area contributed by atoms with E-state index in [9.17, 15) is 9.90 Å². The lowest BCUT2D eigenvalue weighted by Gasteiger charge is -2.36. The van der Waals surface area contributed by atoms with Crippen molar-refractivity contribution < 1.29 is 9.90 Å². The molecule has 23 heavy (non-hydrogen) atoms. The SMILES string of the molecule is CCCC(C)(C(N)=O)C(c1ccc(O)cc1)c1ccc(Cl)cc1. The predicted molar refractivity (Wildman–Crippen MR) is 93.6 cm³/mol. The Morgan fingerprint density at radius 2 is 1.61 bits per heavy atom. The second kappa shape index (κ2) is 7.05. The number of amides is 1. The first-order valence-electron chi connectivity index (χ1n) is 7.72. The molecule has 0 aliphatic rings. The van der Waals surface area contributed by atoms with Gasteiger partial charge in [0.15, 0.2) is 0 Å². The van der Waals surface area contributed by atoms with Crippen molar-refractivity contribution >= 4 is 17.5 Å². The van der Waals surface area contributed by atoms with E-state index in [1.54, 1.807) is 12.1 Å². The van der Waals surface area contributed by atoms with E-state index in [0.29, 0.717) is 11.4 Å².